The van der Waals surface area contributed by atoms with Crippen LogP contribution >= 0.6 is 0 Å². The minimum absolute atomic E-state index is 0.0154. The number of alkyl carbamates (subject to hydrolysis) is 1. The third kappa shape index (κ3) is 8.13. The smallest absolute Gasteiger partial charge is 0.408 e. The number of likely N-dealkylation sites (tertiary alicyclic amines) is 1. The summed E-state index contributed by atoms with van der Waals surface area (Å²) < 4.78 is 32.2. The van der Waals surface area contributed by atoms with Crippen LogP contribution in [0.2, 0.25) is 0 Å². The number of hydrogen-bond donors (Lipinski definition) is 1. The molecule has 5 rings (SSSR count). The van der Waals surface area contributed by atoms with Crippen LogP contribution in [0, 0.1) is 40.8 Å². The second-order valence-corrected chi connectivity index (χ2v) is 15.7. The SMILES string of the molecule is C=CCCC[C@@H]1[C@H]2CC[C@H]2C[C@H]1OC(=O)N[C@H](C(=O)N1C[C@H](Oc2nc3cc(F)ccc3nc2C=C)[C@@H](C)[C@H]1C(=O)OCC(C)C)C(C)(C)C. The molecule has 1 saturated heterocycles. The molecule has 11 heteroatoms. The van der Waals surface area contributed by atoms with Gasteiger partial charge in [0, 0.05) is 12.0 Å². The van der Waals surface area contributed by atoms with Gasteiger partial charge in [-0.2, -0.15) is 0 Å². The summed E-state index contributed by atoms with van der Waals surface area (Å²) in [6, 6.07) is 2.09. The summed E-state index contributed by atoms with van der Waals surface area (Å²) in [6.07, 6.45) is 7.95. The largest absolute Gasteiger partial charge is 0.471 e. The van der Waals surface area contributed by atoms with E-state index in [0.29, 0.717) is 34.5 Å². The van der Waals surface area contributed by atoms with Crippen LogP contribution in [0.4, 0.5) is 9.18 Å². The van der Waals surface area contributed by atoms with E-state index in [9.17, 15) is 18.8 Å². The molecule has 1 aromatic heterocycles. The number of rotatable bonds is 13. The third-order valence-electron chi connectivity index (χ3n) is 10.6. The van der Waals surface area contributed by atoms with Crippen molar-refractivity contribution >= 4 is 35.1 Å². The Balaban J connectivity index is 1.38. The van der Waals surface area contributed by atoms with Gasteiger partial charge in [-0.25, -0.2) is 23.9 Å². The Bertz CT molecular complexity index is 1590. The molecule has 0 unspecified atom stereocenters. The van der Waals surface area contributed by atoms with E-state index >= 15 is 0 Å². The Morgan fingerprint density at radius 1 is 1.12 bits per heavy atom. The van der Waals surface area contributed by atoms with Crippen molar-refractivity contribution in [1.82, 2.24) is 20.2 Å². The molecule has 3 fully saturated rings. The molecule has 2 heterocycles. The van der Waals surface area contributed by atoms with Crippen molar-refractivity contribution in [2.24, 2.45) is 35.0 Å². The summed E-state index contributed by atoms with van der Waals surface area (Å²) in [7, 11) is 0. The molecule has 0 radical (unpaired) electrons. The fourth-order valence-corrected chi connectivity index (χ4v) is 7.73. The molecule has 2 aliphatic carbocycles. The number of fused-ring (bicyclic) bond motifs is 2. The number of allylic oxidation sites excluding steroid dienone is 1. The van der Waals surface area contributed by atoms with E-state index in [4.69, 9.17) is 14.2 Å². The summed E-state index contributed by atoms with van der Waals surface area (Å²) in [5.74, 6) is -0.341. The van der Waals surface area contributed by atoms with E-state index in [0.717, 1.165) is 38.5 Å². The van der Waals surface area contributed by atoms with Crippen molar-refractivity contribution < 1.29 is 33.0 Å². The second kappa shape index (κ2) is 15.5. The van der Waals surface area contributed by atoms with E-state index < -0.39 is 53.3 Å². The summed E-state index contributed by atoms with van der Waals surface area (Å²) in [4.78, 5) is 52.3. The van der Waals surface area contributed by atoms with Gasteiger partial charge in [-0.1, -0.05) is 54.2 Å². The number of carbonyl (C=O) groups excluding carboxylic acids is 3. The number of esters is 1. The highest BCUT2D eigenvalue weighted by Crippen LogP contribution is 2.53. The Morgan fingerprint density at radius 3 is 2.52 bits per heavy atom. The molecular formula is C39H53FN4O6. The normalized spacial score (nSPS) is 26.6. The fourth-order valence-electron chi connectivity index (χ4n) is 7.73. The van der Waals surface area contributed by atoms with E-state index in [1.165, 1.54) is 29.2 Å². The molecule has 10 nitrogen and oxygen atoms in total. The van der Waals surface area contributed by atoms with Crippen LogP contribution in [0.5, 0.6) is 5.88 Å². The quantitative estimate of drug-likeness (QED) is 0.134. The average Bonchev–Trinajstić information content (AvgIpc) is 3.48. The Labute approximate surface area is 295 Å². The molecule has 1 N–H and O–H groups in total. The lowest BCUT2D eigenvalue weighted by atomic mass is 9.71. The number of unbranched alkanes of at least 4 members (excludes halogenated alkanes) is 1. The zero-order valence-electron chi connectivity index (χ0n) is 30.3. The zero-order valence-corrected chi connectivity index (χ0v) is 30.3. The molecule has 3 aliphatic rings. The van der Waals surface area contributed by atoms with Gasteiger partial charge in [0.2, 0.25) is 11.8 Å². The predicted molar refractivity (Wildman–Crippen MR) is 189 cm³/mol. The maximum atomic E-state index is 14.5. The van der Waals surface area contributed by atoms with Gasteiger partial charge < -0.3 is 24.4 Å². The van der Waals surface area contributed by atoms with Crippen molar-refractivity contribution in [3.8, 4) is 5.88 Å². The Kier molecular flexibility index (Phi) is 11.5. The highest BCUT2D eigenvalue weighted by molar-refractivity contribution is 5.91. The van der Waals surface area contributed by atoms with Crippen LogP contribution in [-0.2, 0) is 19.1 Å². The van der Waals surface area contributed by atoms with E-state index in [1.807, 2.05) is 47.6 Å². The second-order valence-electron chi connectivity index (χ2n) is 15.7. The van der Waals surface area contributed by atoms with Crippen molar-refractivity contribution in [2.75, 3.05) is 13.2 Å². The lowest BCUT2D eigenvalue weighted by Crippen LogP contribution is -2.57. The summed E-state index contributed by atoms with van der Waals surface area (Å²) in [6.45, 7) is 19.1. The number of ether oxygens (including phenoxy) is 3. The first-order chi connectivity index (χ1) is 23.7. The standard InChI is InChI=1S/C39H53FN4O6/c1-9-11-12-13-27-26-16-14-24(26)18-31(27)50-38(47)43-34(39(6,7)8)36(45)44-20-32(23(5)33(44)37(46)48-21-22(3)4)49-35-28(10-2)41-29-17-15-25(40)19-30(29)42-35/h9-10,15,17,19,22-24,26-27,31-34H,1-2,11-14,16,18,20-21H2,3-8H3,(H,43,47)/t23-,24+,26+,27-,31-,32+,33+,34-/m1/s1. The number of carbonyl (C=O) groups is 3. The molecular weight excluding hydrogens is 639 g/mol. The van der Waals surface area contributed by atoms with Gasteiger partial charge in [0.05, 0.1) is 24.2 Å². The van der Waals surface area contributed by atoms with Crippen molar-refractivity contribution in [1.29, 1.82) is 0 Å². The summed E-state index contributed by atoms with van der Waals surface area (Å²) >= 11 is 0. The van der Waals surface area contributed by atoms with Gasteiger partial charge in [0.15, 0.2) is 0 Å². The van der Waals surface area contributed by atoms with Gasteiger partial charge in [-0.15, -0.1) is 6.58 Å². The number of nitrogens with zero attached hydrogens (tertiary/aromatic N) is 3. The molecule has 50 heavy (non-hydrogen) atoms. The first kappa shape index (κ1) is 37.2. The topological polar surface area (TPSA) is 120 Å². The third-order valence-corrected chi connectivity index (χ3v) is 10.6. The van der Waals surface area contributed by atoms with Crippen LogP contribution in [0.1, 0.15) is 85.8 Å². The molecule has 2 saturated carbocycles. The zero-order chi connectivity index (χ0) is 36.3. The number of aromatic nitrogens is 2. The Morgan fingerprint density at radius 2 is 1.88 bits per heavy atom. The van der Waals surface area contributed by atoms with Crippen molar-refractivity contribution in [3.05, 3.63) is 48.9 Å². The van der Waals surface area contributed by atoms with Crippen LogP contribution in [0.25, 0.3) is 17.1 Å². The van der Waals surface area contributed by atoms with Crippen molar-refractivity contribution in [3.63, 3.8) is 0 Å². The molecule has 0 spiro atoms. The number of halogens is 1. The summed E-state index contributed by atoms with van der Waals surface area (Å²) in [5, 5.41) is 2.90. The molecule has 1 aromatic carbocycles. The van der Waals surface area contributed by atoms with Gasteiger partial charge in [-0.05, 0) is 85.8 Å². The van der Waals surface area contributed by atoms with Gasteiger partial charge in [0.1, 0.15) is 35.8 Å². The number of benzene rings is 1. The minimum atomic E-state index is -1.01. The maximum Gasteiger partial charge on any atom is 0.408 e. The lowest BCUT2D eigenvalue weighted by molar-refractivity contribution is -0.156. The number of hydrogen-bond acceptors (Lipinski definition) is 8. The first-order valence-electron chi connectivity index (χ1n) is 18.0. The average molecular weight is 693 g/mol. The van der Waals surface area contributed by atoms with Gasteiger partial charge in [0.25, 0.3) is 0 Å². The van der Waals surface area contributed by atoms with Crippen molar-refractivity contribution in [2.45, 2.75) is 104 Å². The molecule has 1 aliphatic heterocycles. The lowest BCUT2D eigenvalue weighted by Gasteiger charge is -2.36. The molecule has 2 amide bonds. The van der Waals surface area contributed by atoms with Crippen LogP contribution < -0.4 is 10.1 Å². The maximum absolute atomic E-state index is 14.5. The minimum Gasteiger partial charge on any atom is -0.471 e. The van der Waals surface area contributed by atoms with Gasteiger partial charge in [-0.3, -0.25) is 4.79 Å². The number of amides is 2. The monoisotopic (exact) mass is 692 g/mol. The number of nitrogens with one attached hydrogen (secondary N) is 1. The molecule has 2 aromatic rings. The van der Waals surface area contributed by atoms with Crippen LogP contribution in [-0.4, -0.2) is 70.3 Å². The first-order valence-corrected chi connectivity index (χ1v) is 18.0. The molecule has 8 atom stereocenters. The van der Waals surface area contributed by atoms with Gasteiger partial charge >= 0.3 is 12.1 Å². The predicted octanol–water partition coefficient (Wildman–Crippen LogP) is 7.12. The van der Waals surface area contributed by atoms with E-state index in [1.54, 1.807) is 0 Å². The summed E-state index contributed by atoms with van der Waals surface area (Å²) in [5.41, 5.74) is 0.387. The highest BCUT2D eigenvalue weighted by atomic mass is 19.1. The fraction of sp³-hybridized carbons (Fsp3) is 0.615. The molecule has 272 valence electrons. The van der Waals surface area contributed by atoms with Crippen LogP contribution in [0.3, 0.4) is 0 Å². The van der Waals surface area contributed by atoms with E-state index in [2.05, 4.69) is 28.4 Å². The van der Waals surface area contributed by atoms with E-state index in [-0.39, 0.29) is 31.1 Å². The highest BCUT2D eigenvalue weighted by Gasteiger charge is 2.52. The Hall–Kier alpha value is -4.02. The van der Waals surface area contributed by atoms with Crippen LogP contribution in [0.15, 0.2) is 37.4 Å². The molecule has 0 bridgehead atoms.